The van der Waals surface area contributed by atoms with E-state index in [-0.39, 0.29) is 17.7 Å². The van der Waals surface area contributed by atoms with Crippen molar-refractivity contribution in [3.63, 3.8) is 0 Å². The van der Waals surface area contributed by atoms with Crippen molar-refractivity contribution in [2.24, 2.45) is 0 Å². The van der Waals surface area contributed by atoms with Crippen molar-refractivity contribution in [3.8, 4) is 0 Å². The van der Waals surface area contributed by atoms with Gasteiger partial charge in [0.25, 0.3) is 0 Å². The van der Waals surface area contributed by atoms with Crippen LogP contribution in [-0.2, 0) is 28.9 Å². The van der Waals surface area contributed by atoms with Gasteiger partial charge in [0.05, 0.1) is 29.7 Å². The second-order valence-electron chi connectivity index (χ2n) is 7.57. The Morgan fingerprint density at radius 1 is 1.26 bits per heavy atom. The van der Waals surface area contributed by atoms with E-state index in [0.717, 1.165) is 43.6 Å². The molecule has 2 amide bonds. The highest BCUT2D eigenvalue weighted by Gasteiger charge is 2.29. The van der Waals surface area contributed by atoms with Crippen molar-refractivity contribution in [2.75, 3.05) is 18.4 Å². The smallest absolute Gasteiger partial charge is 0.228 e. The van der Waals surface area contributed by atoms with Crippen molar-refractivity contribution >= 4 is 17.5 Å². The number of H-pyrrole nitrogens is 2. The van der Waals surface area contributed by atoms with Crippen molar-refractivity contribution < 1.29 is 9.59 Å². The van der Waals surface area contributed by atoms with Crippen molar-refractivity contribution in [1.82, 2.24) is 25.3 Å². The van der Waals surface area contributed by atoms with Crippen molar-refractivity contribution in [1.29, 1.82) is 0 Å². The number of hydrogen-bond donors (Lipinski definition) is 3. The van der Waals surface area contributed by atoms with Crippen LogP contribution in [0.3, 0.4) is 0 Å². The number of nitrogens with one attached hydrogen (secondary N) is 3. The highest BCUT2D eigenvalue weighted by molar-refractivity contribution is 5.89. The molecule has 2 aromatic rings. The van der Waals surface area contributed by atoms with E-state index in [2.05, 4.69) is 25.7 Å². The fourth-order valence-corrected chi connectivity index (χ4v) is 4.29. The minimum absolute atomic E-state index is 0.121. The number of carbonyl (C=O) groups is 2. The Morgan fingerprint density at radius 2 is 2.11 bits per heavy atom. The van der Waals surface area contributed by atoms with Crippen molar-refractivity contribution in [3.05, 3.63) is 28.8 Å². The van der Waals surface area contributed by atoms with Gasteiger partial charge in [-0.15, -0.1) is 0 Å². The van der Waals surface area contributed by atoms with Gasteiger partial charge in [-0.2, -0.15) is 10.2 Å². The fraction of sp³-hybridized carbons (Fsp3) is 0.579. The van der Waals surface area contributed by atoms with Crippen LogP contribution in [0.25, 0.3) is 0 Å². The first-order chi connectivity index (χ1) is 13.1. The van der Waals surface area contributed by atoms with Gasteiger partial charge in [0.15, 0.2) is 0 Å². The first-order valence-electron chi connectivity index (χ1n) is 9.75. The second-order valence-corrected chi connectivity index (χ2v) is 7.57. The van der Waals surface area contributed by atoms with E-state index in [1.54, 1.807) is 6.20 Å². The molecule has 8 nitrogen and oxygen atoms in total. The zero-order valence-corrected chi connectivity index (χ0v) is 15.7. The number of likely N-dealkylation sites (tertiary alicyclic amines) is 1. The van der Waals surface area contributed by atoms with Crippen LogP contribution in [0.5, 0.6) is 0 Å². The number of piperidine rings is 1. The van der Waals surface area contributed by atoms with E-state index in [9.17, 15) is 9.59 Å². The predicted molar refractivity (Wildman–Crippen MR) is 100 cm³/mol. The second kappa shape index (κ2) is 7.54. The summed E-state index contributed by atoms with van der Waals surface area (Å²) in [7, 11) is 0. The molecule has 1 unspecified atom stereocenters. The molecule has 0 radical (unpaired) electrons. The van der Waals surface area contributed by atoms with Gasteiger partial charge in [-0.25, -0.2) is 0 Å². The largest absolute Gasteiger partial charge is 0.342 e. The number of aromatic amines is 2. The van der Waals surface area contributed by atoms with E-state index in [1.165, 1.54) is 31.0 Å². The first-order valence-corrected chi connectivity index (χ1v) is 9.75. The molecule has 1 aliphatic carbocycles. The van der Waals surface area contributed by atoms with Gasteiger partial charge < -0.3 is 10.2 Å². The van der Waals surface area contributed by atoms with E-state index in [4.69, 9.17) is 0 Å². The number of carbonyl (C=O) groups excluding carboxylic acids is 2. The third-order valence-corrected chi connectivity index (χ3v) is 5.62. The maximum Gasteiger partial charge on any atom is 0.228 e. The summed E-state index contributed by atoms with van der Waals surface area (Å²) in [4.78, 5) is 26.2. The molecular weight excluding hydrogens is 344 g/mol. The topological polar surface area (TPSA) is 107 Å². The maximum atomic E-state index is 12.9. The number of rotatable bonds is 4. The molecule has 27 heavy (non-hydrogen) atoms. The van der Waals surface area contributed by atoms with Crippen LogP contribution in [0.15, 0.2) is 6.20 Å². The number of nitrogens with zero attached hydrogens (tertiary/aromatic N) is 3. The molecule has 1 atom stereocenters. The molecule has 0 bridgehead atoms. The molecule has 8 heteroatoms. The normalized spacial score (nSPS) is 19.6. The molecule has 1 fully saturated rings. The summed E-state index contributed by atoms with van der Waals surface area (Å²) in [5.74, 6) is 0.157. The van der Waals surface area contributed by atoms with Crippen LogP contribution in [0.1, 0.15) is 61.2 Å². The third-order valence-electron chi connectivity index (χ3n) is 5.62. The van der Waals surface area contributed by atoms with Gasteiger partial charge in [0.1, 0.15) is 0 Å². The summed E-state index contributed by atoms with van der Waals surface area (Å²) in [6.45, 7) is 2.89. The number of fused-ring (bicyclic) bond motifs is 1. The summed E-state index contributed by atoms with van der Waals surface area (Å²) in [6.07, 6.45) is 8.32. The molecule has 1 saturated heterocycles. The third kappa shape index (κ3) is 3.74. The monoisotopic (exact) mass is 370 g/mol. The molecular formula is C19H26N6O2. The molecule has 1 aliphatic heterocycles. The van der Waals surface area contributed by atoms with Crippen LogP contribution < -0.4 is 5.32 Å². The minimum Gasteiger partial charge on any atom is -0.342 e. The average molecular weight is 370 g/mol. The number of hydrogen-bond acceptors (Lipinski definition) is 4. The Kier molecular flexibility index (Phi) is 4.96. The minimum atomic E-state index is -0.121. The lowest BCUT2D eigenvalue weighted by molar-refractivity contribution is -0.131. The SMILES string of the molecule is CC(=O)Nc1cn[nH]c1C1CCCN(C(=O)Cc2n[nH]c3c2CCCC3)C1. The maximum absolute atomic E-state index is 12.9. The summed E-state index contributed by atoms with van der Waals surface area (Å²) in [5.41, 5.74) is 4.99. The van der Waals surface area contributed by atoms with Crippen LogP contribution in [0, 0.1) is 0 Å². The van der Waals surface area contributed by atoms with Gasteiger partial charge in [-0.3, -0.25) is 19.8 Å². The predicted octanol–water partition coefficient (Wildman–Crippen LogP) is 1.92. The summed E-state index contributed by atoms with van der Waals surface area (Å²) >= 11 is 0. The van der Waals surface area contributed by atoms with Crippen molar-refractivity contribution in [2.45, 2.75) is 57.8 Å². The summed E-state index contributed by atoms with van der Waals surface area (Å²) in [5, 5.41) is 17.4. The number of aryl methyl sites for hydroxylation is 1. The Hall–Kier alpha value is -2.64. The van der Waals surface area contributed by atoms with Crippen LogP contribution in [0.2, 0.25) is 0 Å². The zero-order chi connectivity index (χ0) is 18.8. The number of aromatic nitrogens is 4. The van der Waals surface area contributed by atoms with Gasteiger partial charge in [0, 0.05) is 31.6 Å². The Morgan fingerprint density at radius 3 is 2.96 bits per heavy atom. The lowest BCUT2D eigenvalue weighted by Crippen LogP contribution is -2.40. The molecule has 4 rings (SSSR count). The van der Waals surface area contributed by atoms with Gasteiger partial charge in [-0.1, -0.05) is 0 Å². The molecule has 144 valence electrons. The molecule has 0 saturated carbocycles. The van der Waals surface area contributed by atoms with Crippen LogP contribution in [-0.4, -0.2) is 50.2 Å². The molecule has 2 aliphatic rings. The van der Waals surface area contributed by atoms with E-state index < -0.39 is 0 Å². The van der Waals surface area contributed by atoms with Crippen LogP contribution >= 0.6 is 0 Å². The Bertz CT molecular complexity index is 839. The standard InChI is InChI=1S/C19H26N6O2/c1-12(26)21-17-10-20-24-19(17)13-5-4-8-25(11-13)18(27)9-16-14-6-2-3-7-15(14)22-23-16/h10,13H,2-9,11H2,1H3,(H,20,24)(H,21,26)(H,22,23). The highest BCUT2D eigenvalue weighted by Crippen LogP contribution is 2.31. The van der Waals surface area contributed by atoms with E-state index in [0.29, 0.717) is 18.7 Å². The summed E-state index contributed by atoms with van der Waals surface area (Å²) in [6, 6.07) is 0. The zero-order valence-electron chi connectivity index (χ0n) is 15.7. The molecule has 0 spiro atoms. The van der Waals surface area contributed by atoms with E-state index >= 15 is 0 Å². The molecule has 2 aromatic heterocycles. The molecule has 0 aromatic carbocycles. The molecule has 3 heterocycles. The quantitative estimate of drug-likeness (QED) is 0.764. The van der Waals surface area contributed by atoms with Gasteiger partial charge in [0.2, 0.25) is 11.8 Å². The fourth-order valence-electron chi connectivity index (χ4n) is 4.29. The lowest BCUT2D eigenvalue weighted by atomic mass is 9.93. The first kappa shape index (κ1) is 17.8. The highest BCUT2D eigenvalue weighted by atomic mass is 16.2. The van der Waals surface area contributed by atoms with Crippen LogP contribution in [0.4, 0.5) is 5.69 Å². The Balaban J connectivity index is 1.44. The lowest BCUT2D eigenvalue weighted by Gasteiger charge is -2.32. The Labute approximate surface area is 158 Å². The number of anilines is 1. The van der Waals surface area contributed by atoms with Gasteiger partial charge >= 0.3 is 0 Å². The van der Waals surface area contributed by atoms with Gasteiger partial charge in [-0.05, 0) is 44.1 Å². The number of amides is 2. The molecule has 3 N–H and O–H groups in total. The van der Waals surface area contributed by atoms with E-state index in [1.807, 2.05) is 4.90 Å². The summed E-state index contributed by atoms with van der Waals surface area (Å²) < 4.78 is 0. The average Bonchev–Trinajstić information content (AvgIpc) is 3.29.